The number of hydrogen-bond donors (Lipinski definition) is 1. The van der Waals surface area contributed by atoms with Gasteiger partial charge in [0.15, 0.2) is 11.9 Å². The second kappa shape index (κ2) is 10.6. The highest BCUT2D eigenvalue weighted by atomic mass is 32.1. The molecule has 0 aliphatic rings. The Morgan fingerprint density at radius 2 is 1.78 bits per heavy atom. The number of carbonyl (C=O) groups is 3. The molecule has 1 N–H and O–H groups in total. The molecule has 2 aromatic rings. The number of amides is 1. The maximum atomic E-state index is 12.2. The summed E-state index contributed by atoms with van der Waals surface area (Å²) in [5.74, 6) is -0.957. The quantitative estimate of drug-likeness (QED) is 0.497. The minimum absolute atomic E-state index is 0.0285. The van der Waals surface area contributed by atoms with Crippen LogP contribution >= 0.6 is 11.3 Å². The molecule has 5 nitrogen and oxygen atoms in total. The Bertz CT molecular complexity index is 743. The first-order chi connectivity index (χ1) is 13.0. The molecule has 0 aliphatic carbocycles. The third-order valence-electron chi connectivity index (χ3n) is 4.13. The first-order valence-electron chi connectivity index (χ1n) is 9.06. The smallest absolute Gasteiger partial charge is 0.307 e. The highest BCUT2D eigenvalue weighted by Gasteiger charge is 2.20. The van der Waals surface area contributed by atoms with Crippen molar-refractivity contribution in [3.63, 3.8) is 0 Å². The fraction of sp³-hybridized carbons (Fsp3) is 0.381. The average molecular weight is 388 g/mol. The average Bonchev–Trinajstić information content (AvgIpc) is 3.20. The van der Waals surface area contributed by atoms with Crippen LogP contribution in [0, 0.1) is 0 Å². The number of aryl methyl sites for hydroxylation is 1. The van der Waals surface area contributed by atoms with Gasteiger partial charge in [0.1, 0.15) is 0 Å². The number of ketones is 1. The summed E-state index contributed by atoms with van der Waals surface area (Å²) in [6.45, 7) is 3.47. The van der Waals surface area contributed by atoms with Crippen LogP contribution in [-0.4, -0.2) is 29.8 Å². The number of Topliss-reactive ketones (excluding diaryl/α,β-unsaturated/α-hetero) is 1. The monoisotopic (exact) mass is 387 g/mol. The van der Waals surface area contributed by atoms with Crippen molar-refractivity contribution in [1.82, 2.24) is 5.32 Å². The lowest BCUT2D eigenvalue weighted by atomic mass is 10.1. The molecule has 1 aromatic carbocycles. The fourth-order valence-corrected chi connectivity index (χ4v) is 3.24. The van der Waals surface area contributed by atoms with Gasteiger partial charge in [-0.15, -0.1) is 11.3 Å². The van der Waals surface area contributed by atoms with Crippen LogP contribution in [0.4, 0.5) is 0 Å². The van der Waals surface area contributed by atoms with E-state index in [-0.39, 0.29) is 30.6 Å². The molecule has 1 aromatic heterocycles. The van der Waals surface area contributed by atoms with Gasteiger partial charge in [0, 0.05) is 12.5 Å². The van der Waals surface area contributed by atoms with E-state index in [4.69, 9.17) is 4.74 Å². The van der Waals surface area contributed by atoms with E-state index in [1.54, 1.807) is 12.1 Å². The third kappa shape index (κ3) is 7.35. The summed E-state index contributed by atoms with van der Waals surface area (Å²) in [5.41, 5.74) is 1.22. The maximum Gasteiger partial charge on any atom is 0.307 e. The van der Waals surface area contributed by atoms with Crippen LogP contribution in [0.15, 0.2) is 47.8 Å². The van der Waals surface area contributed by atoms with Gasteiger partial charge in [0.25, 0.3) is 5.91 Å². The predicted molar refractivity (Wildman–Crippen MR) is 106 cm³/mol. The minimum Gasteiger partial charge on any atom is -0.453 e. The number of hydrogen-bond acceptors (Lipinski definition) is 5. The molecule has 2 rings (SSSR count). The van der Waals surface area contributed by atoms with Gasteiger partial charge in [-0.25, -0.2) is 0 Å². The van der Waals surface area contributed by atoms with E-state index in [1.807, 2.05) is 30.5 Å². The van der Waals surface area contributed by atoms with Crippen LogP contribution in [0.5, 0.6) is 0 Å². The Morgan fingerprint density at radius 3 is 2.44 bits per heavy atom. The van der Waals surface area contributed by atoms with Crippen molar-refractivity contribution in [1.29, 1.82) is 0 Å². The lowest BCUT2D eigenvalue weighted by Gasteiger charge is -2.18. The lowest BCUT2D eigenvalue weighted by Crippen LogP contribution is -2.41. The van der Waals surface area contributed by atoms with E-state index in [1.165, 1.54) is 23.8 Å². The Balaban J connectivity index is 1.67. The van der Waals surface area contributed by atoms with Gasteiger partial charge < -0.3 is 10.1 Å². The van der Waals surface area contributed by atoms with E-state index in [0.717, 1.165) is 12.8 Å². The number of esters is 1. The molecule has 27 heavy (non-hydrogen) atoms. The first-order valence-corrected chi connectivity index (χ1v) is 9.94. The SMILES string of the molecule is C[C@H](OC(=O)CCC(=O)c1cccs1)C(=O)N[C@@H](C)CCc1ccccc1. The van der Waals surface area contributed by atoms with Gasteiger partial charge >= 0.3 is 5.97 Å². The van der Waals surface area contributed by atoms with E-state index in [2.05, 4.69) is 17.4 Å². The molecule has 144 valence electrons. The molecule has 1 amide bonds. The van der Waals surface area contributed by atoms with Crippen LogP contribution in [0.1, 0.15) is 48.3 Å². The van der Waals surface area contributed by atoms with Crippen LogP contribution in [0.25, 0.3) is 0 Å². The second-order valence-electron chi connectivity index (χ2n) is 6.47. The van der Waals surface area contributed by atoms with Crippen molar-refractivity contribution in [2.75, 3.05) is 0 Å². The standard InChI is InChI=1S/C21H25NO4S/c1-15(10-11-17-7-4-3-5-8-17)22-21(25)16(2)26-20(24)13-12-18(23)19-9-6-14-27-19/h3-9,14-16H,10-13H2,1-2H3,(H,22,25)/t15-,16-/m0/s1. The molecular weight excluding hydrogens is 362 g/mol. The second-order valence-corrected chi connectivity index (χ2v) is 7.41. The van der Waals surface area contributed by atoms with Crippen LogP contribution in [-0.2, 0) is 20.7 Å². The lowest BCUT2D eigenvalue weighted by molar-refractivity contribution is -0.155. The number of carbonyl (C=O) groups excluding carboxylic acids is 3. The summed E-state index contributed by atoms with van der Waals surface area (Å²) in [6.07, 6.45) is 0.833. The summed E-state index contributed by atoms with van der Waals surface area (Å²) >= 11 is 1.35. The normalized spacial score (nSPS) is 12.8. The molecule has 0 saturated carbocycles. The molecule has 1 heterocycles. The Morgan fingerprint density at radius 1 is 1.04 bits per heavy atom. The van der Waals surface area contributed by atoms with Crippen molar-refractivity contribution in [2.45, 2.75) is 51.7 Å². The molecular formula is C21H25NO4S. The van der Waals surface area contributed by atoms with Crippen LogP contribution < -0.4 is 5.32 Å². The van der Waals surface area contributed by atoms with Gasteiger partial charge in [0.05, 0.1) is 11.3 Å². The van der Waals surface area contributed by atoms with Crippen molar-refractivity contribution >= 4 is 29.0 Å². The van der Waals surface area contributed by atoms with E-state index >= 15 is 0 Å². The van der Waals surface area contributed by atoms with Crippen molar-refractivity contribution in [3.8, 4) is 0 Å². The summed E-state index contributed by atoms with van der Waals surface area (Å²) in [4.78, 5) is 36.6. The predicted octanol–water partition coefficient (Wildman–Crippen LogP) is 3.78. The topological polar surface area (TPSA) is 72.5 Å². The van der Waals surface area contributed by atoms with Gasteiger partial charge in [0.2, 0.25) is 0 Å². The van der Waals surface area contributed by atoms with E-state index in [9.17, 15) is 14.4 Å². The van der Waals surface area contributed by atoms with E-state index < -0.39 is 12.1 Å². The molecule has 0 bridgehead atoms. The van der Waals surface area contributed by atoms with Crippen molar-refractivity contribution in [2.24, 2.45) is 0 Å². The summed E-state index contributed by atoms with van der Waals surface area (Å²) in [6, 6.07) is 13.5. The maximum absolute atomic E-state index is 12.2. The van der Waals surface area contributed by atoms with Crippen LogP contribution in [0.3, 0.4) is 0 Å². The fourth-order valence-electron chi connectivity index (χ4n) is 2.55. The van der Waals surface area contributed by atoms with Gasteiger partial charge in [-0.1, -0.05) is 36.4 Å². The van der Waals surface area contributed by atoms with Crippen LogP contribution in [0.2, 0.25) is 0 Å². The molecule has 0 saturated heterocycles. The zero-order valence-corrected chi connectivity index (χ0v) is 16.5. The molecule has 0 aliphatic heterocycles. The molecule has 0 spiro atoms. The minimum atomic E-state index is -0.881. The largest absolute Gasteiger partial charge is 0.453 e. The zero-order valence-electron chi connectivity index (χ0n) is 15.6. The molecule has 0 fully saturated rings. The van der Waals surface area contributed by atoms with Crippen molar-refractivity contribution in [3.05, 3.63) is 58.3 Å². The number of rotatable bonds is 10. The van der Waals surface area contributed by atoms with Gasteiger partial charge in [-0.3, -0.25) is 14.4 Å². The van der Waals surface area contributed by atoms with E-state index in [0.29, 0.717) is 4.88 Å². The Labute approximate surface area is 163 Å². The summed E-state index contributed by atoms with van der Waals surface area (Å²) < 4.78 is 5.14. The number of benzene rings is 1. The molecule has 6 heteroatoms. The molecule has 0 radical (unpaired) electrons. The Hall–Kier alpha value is -2.47. The number of nitrogens with one attached hydrogen (secondary N) is 1. The van der Waals surface area contributed by atoms with Gasteiger partial charge in [-0.2, -0.15) is 0 Å². The van der Waals surface area contributed by atoms with Gasteiger partial charge in [-0.05, 0) is 43.7 Å². The highest BCUT2D eigenvalue weighted by Crippen LogP contribution is 2.13. The highest BCUT2D eigenvalue weighted by molar-refractivity contribution is 7.12. The first kappa shape index (κ1) is 20.8. The van der Waals surface area contributed by atoms with Crippen molar-refractivity contribution < 1.29 is 19.1 Å². The number of ether oxygens (including phenoxy) is 1. The molecule has 0 unspecified atom stereocenters. The summed E-state index contributed by atoms with van der Waals surface area (Å²) in [7, 11) is 0. The third-order valence-corrected chi connectivity index (χ3v) is 5.04. The molecule has 2 atom stereocenters. The number of thiophene rings is 1. The Kier molecular flexibility index (Phi) is 8.20. The zero-order chi connectivity index (χ0) is 19.6. The summed E-state index contributed by atoms with van der Waals surface area (Å²) in [5, 5.41) is 4.68.